The van der Waals surface area contributed by atoms with Crippen LogP contribution in [0.1, 0.15) is 53.9 Å². The van der Waals surface area contributed by atoms with E-state index in [4.69, 9.17) is 5.73 Å². The second-order valence-electron chi connectivity index (χ2n) is 7.60. The largest absolute Gasteiger partial charge is 0.330 e. The number of hydrogen-bond donors (Lipinski definition) is 1. The molecule has 0 aromatic rings. The van der Waals surface area contributed by atoms with Crippen molar-refractivity contribution in [2.45, 2.75) is 53.9 Å². The molecule has 102 valence electrons. The number of rotatable bonds is 4. The fourth-order valence-electron chi connectivity index (χ4n) is 2.59. The Morgan fingerprint density at radius 3 is 2.00 bits per heavy atom. The zero-order valence-electron chi connectivity index (χ0n) is 12.6. The molecule has 0 radical (unpaired) electrons. The highest BCUT2D eigenvalue weighted by Crippen LogP contribution is 2.34. The summed E-state index contributed by atoms with van der Waals surface area (Å²) in [4.78, 5) is 2.62. The predicted molar refractivity (Wildman–Crippen MR) is 76.1 cm³/mol. The third-order valence-electron chi connectivity index (χ3n) is 4.47. The minimum Gasteiger partial charge on any atom is -0.330 e. The Morgan fingerprint density at radius 1 is 1.06 bits per heavy atom. The van der Waals surface area contributed by atoms with E-state index in [0.29, 0.717) is 10.8 Å². The normalized spacial score (nSPS) is 20.8. The topological polar surface area (TPSA) is 29.3 Å². The Balaban J connectivity index is 2.29. The third-order valence-corrected chi connectivity index (χ3v) is 4.47. The molecule has 0 atom stereocenters. The fourth-order valence-corrected chi connectivity index (χ4v) is 2.59. The van der Waals surface area contributed by atoms with Gasteiger partial charge in [-0.1, -0.05) is 34.6 Å². The SMILES string of the molecule is CC(C)(CN)CCN1CCC(C(C)(C)C)CC1. The van der Waals surface area contributed by atoms with Crippen LogP contribution in [-0.2, 0) is 0 Å². The molecule has 17 heavy (non-hydrogen) atoms. The third kappa shape index (κ3) is 4.97. The van der Waals surface area contributed by atoms with Crippen LogP contribution in [0.25, 0.3) is 0 Å². The fraction of sp³-hybridized carbons (Fsp3) is 1.00. The first-order valence-electron chi connectivity index (χ1n) is 7.17. The van der Waals surface area contributed by atoms with E-state index in [9.17, 15) is 0 Å². The van der Waals surface area contributed by atoms with E-state index >= 15 is 0 Å². The van der Waals surface area contributed by atoms with E-state index < -0.39 is 0 Å². The van der Waals surface area contributed by atoms with Crippen LogP contribution >= 0.6 is 0 Å². The van der Waals surface area contributed by atoms with Gasteiger partial charge in [-0.25, -0.2) is 0 Å². The van der Waals surface area contributed by atoms with Crippen molar-refractivity contribution >= 4 is 0 Å². The van der Waals surface area contributed by atoms with Gasteiger partial charge in [-0.15, -0.1) is 0 Å². The van der Waals surface area contributed by atoms with Crippen molar-refractivity contribution < 1.29 is 0 Å². The average Bonchev–Trinajstić information content (AvgIpc) is 2.26. The standard InChI is InChI=1S/C15H32N2/c1-14(2,3)13-6-9-17(10-7-13)11-8-15(4,5)12-16/h13H,6-12,16H2,1-5H3. The first kappa shape index (κ1) is 15.0. The van der Waals surface area contributed by atoms with Crippen molar-refractivity contribution in [3.63, 3.8) is 0 Å². The van der Waals surface area contributed by atoms with Crippen LogP contribution in [0.15, 0.2) is 0 Å². The number of likely N-dealkylation sites (tertiary alicyclic amines) is 1. The highest BCUT2D eigenvalue weighted by Gasteiger charge is 2.29. The molecule has 1 saturated heterocycles. The summed E-state index contributed by atoms with van der Waals surface area (Å²) in [6.07, 6.45) is 3.96. The Bertz CT molecular complexity index is 220. The van der Waals surface area contributed by atoms with E-state index in [2.05, 4.69) is 39.5 Å². The molecule has 2 nitrogen and oxygen atoms in total. The lowest BCUT2D eigenvalue weighted by Gasteiger charge is -2.39. The zero-order valence-corrected chi connectivity index (χ0v) is 12.6. The zero-order chi connectivity index (χ0) is 13.1. The Hall–Kier alpha value is -0.0800. The number of piperidine rings is 1. The lowest BCUT2D eigenvalue weighted by molar-refractivity contribution is 0.103. The van der Waals surface area contributed by atoms with Crippen molar-refractivity contribution in [2.24, 2.45) is 22.5 Å². The summed E-state index contributed by atoms with van der Waals surface area (Å²) in [5.41, 5.74) is 6.58. The lowest BCUT2D eigenvalue weighted by Crippen LogP contribution is -2.40. The second-order valence-corrected chi connectivity index (χ2v) is 7.60. The molecule has 2 N–H and O–H groups in total. The minimum atomic E-state index is 0.306. The quantitative estimate of drug-likeness (QED) is 0.818. The molecular weight excluding hydrogens is 208 g/mol. The van der Waals surface area contributed by atoms with E-state index in [1.165, 1.54) is 38.9 Å². The maximum Gasteiger partial charge on any atom is -0.00132 e. The van der Waals surface area contributed by atoms with Gasteiger partial charge in [-0.2, -0.15) is 0 Å². The Kier molecular flexibility index (Phi) is 5.03. The molecule has 0 saturated carbocycles. The molecule has 0 spiro atoms. The maximum atomic E-state index is 5.78. The van der Waals surface area contributed by atoms with Crippen LogP contribution in [0.5, 0.6) is 0 Å². The van der Waals surface area contributed by atoms with E-state index in [1.54, 1.807) is 0 Å². The summed E-state index contributed by atoms with van der Waals surface area (Å²) in [5.74, 6) is 0.904. The van der Waals surface area contributed by atoms with E-state index in [-0.39, 0.29) is 0 Å². The molecule has 0 aliphatic carbocycles. The van der Waals surface area contributed by atoms with Gasteiger partial charge in [0.05, 0.1) is 0 Å². The molecule has 1 aliphatic rings. The molecule has 2 heteroatoms. The predicted octanol–water partition coefficient (Wildman–Crippen LogP) is 3.12. The van der Waals surface area contributed by atoms with Crippen LogP contribution in [0.3, 0.4) is 0 Å². The molecule has 0 bridgehead atoms. The van der Waals surface area contributed by atoms with Gasteiger partial charge < -0.3 is 10.6 Å². The van der Waals surface area contributed by atoms with Crippen LogP contribution in [0.2, 0.25) is 0 Å². The number of hydrogen-bond acceptors (Lipinski definition) is 2. The van der Waals surface area contributed by atoms with Crippen molar-refractivity contribution in [3.05, 3.63) is 0 Å². The molecule has 0 aromatic heterocycles. The number of nitrogens with zero attached hydrogens (tertiary/aromatic N) is 1. The maximum absolute atomic E-state index is 5.78. The molecule has 0 amide bonds. The molecule has 0 unspecified atom stereocenters. The van der Waals surface area contributed by atoms with Crippen molar-refractivity contribution in [1.29, 1.82) is 0 Å². The summed E-state index contributed by atoms with van der Waals surface area (Å²) in [6.45, 7) is 16.3. The Labute approximate surface area is 108 Å². The van der Waals surface area contributed by atoms with Gasteiger partial charge in [0.2, 0.25) is 0 Å². The van der Waals surface area contributed by atoms with Crippen LogP contribution in [0.4, 0.5) is 0 Å². The first-order valence-corrected chi connectivity index (χ1v) is 7.17. The molecule has 1 rings (SSSR count). The molecule has 1 heterocycles. The van der Waals surface area contributed by atoms with Crippen molar-refractivity contribution in [3.8, 4) is 0 Å². The van der Waals surface area contributed by atoms with Gasteiger partial charge in [-0.3, -0.25) is 0 Å². The summed E-state index contributed by atoms with van der Waals surface area (Å²) in [7, 11) is 0. The van der Waals surface area contributed by atoms with Gasteiger partial charge in [0.15, 0.2) is 0 Å². The highest BCUT2D eigenvalue weighted by atomic mass is 15.1. The van der Waals surface area contributed by atoms with Crippen molar-refractivity contribution in [1.82, 2.24) is 4.90 Å². The van der Waals surface area contributed by atoms with E-state index in [1.807, 2.05) is 0 Å². The molecule has 1 fully saturated rings. The lowest BCUT2D eigenvalue weighted by atomic mass is 9.75. The van der Waals surface area contributed by atoms with Gasteiger partial charge in [0, 0.05) is 0 Å². The van der Waals surface area contributed by atoms with Gasteiger partial charge in [0.25, 0.3) is 0 Å². The molecule has 0 aromatic carbocycles. The van der Waals surface area contributed by atoms with Gasteiger partial charge >= 0.3 is 0 Å². The first-order chi connectivity index (χ1) is 7.74. The molecular formula is C15H32N2. The highest BCUT2D eigenvalue weighted by molar-refractivity contribution is 4.81. The van der Waals surface area contributed by atoms with Crippen LogP contribution in [-0.4, -0.2) is 31.1 Å². The molecule has 1 aliphatic heterocycles. The van der Waals surface area contributed by atoms with E-state index in [0.717, 1.165) is 12.5 Å². The summed E-state index contributed by atoms with van der Waals surface area (Å²) in [5, 5.41) is 0. The van der Waals surface area contributed by atoms with Crippen LogP contribution < -0.4 is 5.73 Å². The summed E-state index contributed by atoms with van der Waals surface area (Å²) >= 11 is 0. The monoisotopic (exact) mass is 240 g/mol. The number of nitrogens with two attached hydrogens (primary N) is 1. The minimum absolute atomic E-state index is 0.306. The van der Waals surface area contributed by atoms with Gasteiger partial charge in [-0.05, 0) is 62.2 Å². The smallest absolute Gasteiger partial charge is 0.00132 e. The Morgan fingerprint density at radius 2 is 1.59 bits per heavy atom. The van der Waals surface area contributed by atoms with Gasteiger partial charge in [0.1, 0.15) is 0 Å². The van der Waals surface area contributed by atoms with Crippen molar-refractivity contribution in [2.75, 3.05) is 26.2 Å². The summed E-state index contributed by atoms with van der Waals surface area (Å²) < 4.78 is 0. The second kappa shape index (κ2) is 5.71. The average molecular weight is 240 g/mol. The van der Waals surface area contributed by atoms with Crippen LogP contribution in [0, 0.1) is 16.7 Å². The summed E-state index contributed by atoms with van der Waals surface area (Å²) in [6, 6.07) is 0.